The summed E-state index contributed by atoms with van der Waals surface area (Å²) in [5.41, 5.74) is 6.13. The minimum Gasteiger partial charge on any atom is -0.496 e. The molecule has 0 bridgehead atoms. The highest BCUT2D eigenvalue weighted by Gasteiger charge is 2.19. The zero-order valence-corrected chi connectivity index (χ0v) is 9.00. The molecular weight excluding hydrogens is 197 g/mol. The average Bonchev–Trinajstić information content (AvgIpc) is 2.20. The molecule has 1 unspecified atom stereocenters. The molecule has 82 valence electrons. The number of nitrogens with two attached hydrogens (primary N) is 1. The van der Waals surface area contributed by atoms with Crippen LogP contribution in [0.3, 0.4) is 0 Å². The quantitative estimate of drug-likeness (QED) is 0.774. The lowest BCUT2D eigenvalue weighted by atomic mass is 10.0. The van der Waals surface area contributed by atoms with E-state index in [1.807, 2.05) is 0 Å². The van der Waals surface area contributed by atoms with Crippen LogP contribution in [0.4, 0.5) is 4.39 Å². The Morgan fingerprint density at radius 1 is 1.53 bits per heavy atom. The molecule has 0 heterocycles. The monoisotopic (exact) mass is 211 g/mol. The van der Waals surface area contributed by atoms with Crippen molar-refractivity contribution < 1.29 is 13.9 Å². The second-order valence-electron chi connectivity index (χ2n) is 3.41. The maximum Gasteiger partial charge on any atom is 0.182 e. The summed E-state index contributed by atoms with van der Waals surface area (Å²) in [6.45, 7) is 3.15. The van der Waals surface area contributed by atoms with Crippen molar-refractivity contribution in [2.24, 2.45) is 5.73 Å². The van der Waals surface area contributed by atoms with Crippen LogP contribution in [0.1, 0.15) is 22.8 Å². The molecule has 0 aliphatic carbocycles. The fourth-order valence-corrected chi connectivity index (χ4v) is 1.37. The fraction of sp³-hybridized carbons (Fsp3) is 0.364. The van der Waals surface area contributed by atoms with Crippen LogP contribution in [0.25, 0.3) is 0 Å². The van der Waals surface area contributed by atoms with Crippen molar-refractivity contribution in [3.05, 3.63) is 29.1 Å². The topological polar surface area (TPSA) is 52.3 Å². The summed E-state index contributed by atoms with van der Waals surface area (Å²) in [6.07, 6.45) is 0. The first-order chi connectivity index (χ1) is 6.99. The predicted octanol–water partition coefficient (Wildman–Crippen LogP) is 1.67. The van der Waals surface area contributed by atoms with E-state index in [4.69, 9.17) is 10.5 Å². The number of hydrogen-bond donors (Lipinski definition) is 1. The van der Waals surface area contributed by atoms with Crippen molar-refractivity contribution in [1.82, 2.24) is 0 Å². The summed E-state index contributed by atoms with van der Waals surface area (Å²) >= 11 is 0. The molecule has 15 heavy (non-hydrogen) atoms. The van der Waals surface area contributed by atoms with E-state index in [9.17, 15) is 9.18 Å². The van der Waals surface area contributed by atoms with Gasteiger partial charge in [-0.15, -0.1) is 0 Å². The van der Waals surface area contributed by atoms with Gasteiger partial charge in [0, 0.05) is 5.56 Å². The standard InChI is InChI=1S/C11H14FNO2/c1-6-9(12)5-4-8(11(6)15-3)10(14)7(2)13/h4-5,7H,13H2,1-3H3. The Labute approximate surface area is 88.0 Å². The fourth-order valence-electron chi connectivity index (χ4n) is 1.37. The van der Waals surface area contributed by atoms with Crippen LogP contribution in [0.5, 0.6) is 5.75 Å². The van der Waals surface area contributed by atoms with Crippen LogP contribution in [-0.4, -0.2) is 18.9 Å². The number of benzene rings is 1. The highest BCUT2D eigenvalue weighted by Crippen LogP contribution is 2.26. The SMILES string of the molecule is COc1c(C(=O)C(C)N)ccc(F)c1C. The van der Waals surface area contributed by atoms with Crippen molar-refractivity contribution >= 4 is 5.78 Å². The number of carbonyl (C=O) groups is 1. The van der Waals surface area contributed by atoms with E-state index in [0.717, 1.165) is 0 Å². The third-order valence-electron chi connectivity index (χ3n) is 2.22. The molecule has 0 amide bonds. The Morgan fingerprint density at radius 3 is 2.60 bits per heavy atom. The van der Waals surface area contributed by atoms with Gasteiger partial charge in [-0.1, -0.05) is 0 Å². The third kappa shape index (κ3) is 2.15. The number of methoxy groups -OCH3 is 1. The second-order valence-corrected chi connectivity index (χ2v) is 3.41. The molecule has 0 aliphatic heterocycles. The minimum atomic E-state index is -0.622. The second kappa shape index (κ2) is 4.40. The van der Waals surface area contributed by atoms with E-state index in [-0.39, 0.29) is 11.5 Å². The molecule has 1 rings (SSSR count). The molecule has 0 saturated heterocycles. The molecule has 3 nitrogen and oxygen atoms in total. The molecule has 2 N–H and O–H groups in total. The zero-order valence-electron chi connectivity index (χ0n) is 9.00. The van der Waals surface area contributed by atoms with Gasteiger partial charge in [0.2, 0.25) is 0 Å². The highest BCUT2D eigenvalue weighted by atomic mass is 19.1. The van der Waals surface area contributed by atoms with Crippen LogP contribution in [0.15, 0.2) is 12.1 Å². The number of ether oxygens (including phenoxy) is 1. The van der Waals surface area contributed by atoms with Crippen molar-refractivity contribution in [3.63, 3.8) is 0 Å². The number of ketones is 1. The molecule has 0 spiro atoms. The van der Waals surface area contributed by atoms with E-state index in [0.29, 0.717) is 11.1 Å². The van der Waals surface area contributed by atoms with E-state index >= 15 is 0 Å². The lowest BCUT2D eigenvalue weighted by molar-refractivity contribution is 0.0964. The van der Waals surface area contributed by atoms with E-state index in [2.05, 4.69) is 0 Å². The predicted molar refractivity (Wildman–Crippen MR) is 55.7 cm³/mol. The number of rotatable bonds is 3. The van der Waals surface area contributed by atoms with Gasteiger partial charge >= 0.3 is 0 Å². The van der Waals surface area contributed by atoms with Crippen LogP contribution in [-0.2, 0) is 0 Å². The first-order valence-electron chi connectivity index (χ1n) is 4.62. The first kappa shape index (κ1) is 11.7. The van der Waals surface area contributed by atoms with E-state index < -0.39 is 11.9 Å². The van der Waals surface area contributed by atoms with Gasteiger partial charge in [-0.2, -0.15) is 0 Å². The Hall–Kier alpha value is -1.42. The van der Waals surface area contributed by atoms with Crippen LogP contribution in [0.2, 0.25) is 0 Å². The first-order valence-corrected chi connectivity index (χ1v) is 4.62. The lowest BCUT2D eigenvalue weighted by Crippen LogP contribution is -2.27. The molecule has 0 aromatic heterocycles. The maximum atomic E-state index is 13.2. The van der Waals surface area contributed by atoms with Crippen molar-refractivity contribution in [1.29, 1.82) is 0 Å². The largest absolute Gasteiger partial charge is 0.496 e. The minimum absolute atomic E-state index is 0.255. The smallest absolute Gasteiger partial charge is 0.182 e. The van der Waals surface area contributed by atoms with Crippen molar-refractivity contribution in [2.45, 2.75) is 19.9 Å². The molecule has 1 aromatic rings. The van der Waals surface area contributed by atoms with Crippen LogP contribution >= 0.6 is 0 Å². The Balaban J connectivity index is 3.31. The number of carbonyl (C=O) groups excluding carboxylic acids is 1. The van der Waals surface area contributed by atoms with Crippen LogP contribution < -0.4 is 10.5 Å². The Morgan fingerprint density at radius 2 is 2.13 bits per heavy atom. The van der Waals surface area contributed by atoms with Gasteiger partial charge in [-0.05, 0) is 26.0 Å². The van der Waals surface area contributed by atoms with Crippen LogP contribution in [0, 0.1) is 12.7 Å². The molecular formula is C11H14FNO2. The van der Waals surface area contributed by atoms with Gasteiger partial charge in [-0.25, -0.2) is 4.39 Å². The summed E-state index contributed by atoms with van der Waals surface area (Å²) in [6, 6.07) is 2.02. The summed E-state index contributed by atoms with van der Waals surface area (Å²) in [7, 11) is 1.40. The number of halogens is 1. The lowest BCUT2D eigenvalue weighted by Gasteiger charge is -2.12. The molecule has 0 saturated carbocycles. The average molecular weight is 211 g/mol. The number of hydrogen-bond acceptors (Lipinski definition) is 3. The van der Waals surface area contributed by atoms with Gasteiger partial charge in [0.25, 0.3) is 0 Å². The van der Waals surface area contributed by atoms with Gasteiger partial charge in [0.15, 0.2) is 5.78 Å². The molecule has 4 heteroatoms. The third-order valence-corrected chi connectivity index (χ3v) is 2.22. The highest BCUT2D eigenvalue weighted by molar-refractivity contribution is 6.02. The maximum absolute atomic E-state index is 13.2. The number of Topliss-reactive ketones (excluding diaryl/α,β-unsaturated/α-hetero) is 1. The summed E-state index contributed by atoms with van der Waals surface area (Å²) in [4.78, 5) is 11.7. The Kier molecular flexibility index (Phi) is 3.42. The molecule has 0 radical (unpaired) electrons. The van der Waals surface area contributed by atoms with Gasteiger partial charge in [0.05, 0.1) is 18.7 Å². The molecule has 1 atom stereocenters. The van der Waals surface area contributed by atoms with E-state index in [1.165, 1.54) is 19.2 Å². The summed E-state index contributed by atoms with van der Waals surface area (Å²) < 4.78 is 18.2. The molecule has 1 aromatic carbocycles. The molecule has 0 aliphatic rings. The van der Waals surface area contributed by atoms with Gasteiger partial charge in [0.1, 0.15) is 11.6 Å². The molecule has 0 fully saturated rings. The van der Waals surface area contributed by atoms with Gasteiger partial charge in [-0.3, -0.25) is 4.79 Å². The van der Waals surface area contributed by atoms with E-state index in [1.54, 1.807) is 13.8 Å². The summed E-state index contributed by atoms with van der Waals surface area (Å²) in [5.74, 6) is -0.389. The van der Waals surface area contributed by atoms with Gasteiger partial charge < -0.3 is 10.5 Å². The zero-order chi connectivity index (χ0) is 11.6. The Bertz CT molecular complexity index is 388. The van der Waals surface area contributed by atoms with Crippen molar-refractivity contribution in [2.75, 3.05) is 7.11 Å². The summed E-state index contributed by atoms with van der Waals surface area (Å²) in [5, 5.41) is 0. The van der Waals surface area contributed by atoms with Crippen molar-refractivity contribution in [3.8, 4) is 5.75 Å². The normalized spacial score (nSPS) is 12.3.